The molecule has 0 atom stereocenters. The number of pyridine rings is 2. The van der Waals surface area contributed by atoms with Crippen LogP contribution in [-0.4, -0.2) is 66.1 Å². The van der Waals surface area contributed by atoms with Crippen molar-refractivity contribution in [1.29, 1.82) is 0 Å². The Morgan fingerprint density at radius 2 is 1.81 bits per heavy atom. The molecule has 3 heterocycles. The third kappa shape index (κ3) is 5.83. The van der Waals surface area contributed by atoms with Crippen molar-refractivity contribution in [2.75, 3.05) is 39.4 Å². The predicted molar refractivity (Wildman–Crippen MR) is 99.2 cm³/mol. The molecule has 0 radical (unpaired) electrons. The number of morpholine rings is 1. The van der Waals surface area contributed by atoms with Crippen LogP contribution in [0.5, 0.6) is 0 Å². The minimum atomic E-state index is -0.285. The molecular formula is C19H23N5O3. The molecule has 0 saturated carbocycles. The number of nitrogens with one attached hydrogen (secondary N) is 2. The largest absolute Gasteiger partial charge is 0.379 e. The fourth-order valence-electron chi connectivity index (χ4n) is 2.72. The molecule has 8 heteroatoms. The van der Waals surface area contributed by atoms with Crippen LogP contribution in [0.3, 0.4) is 0 Å². The molecular weight excluding hydrogens is 346 g/mol. The van der Waals surface area contributed by atoms with E-state index in [1.807, 2.05) is 12.1 Å². The van der Waals surface area contributed by atoms with E-state index in [1.54, 1.807) is 18.5 Å². The van der Waals surface area contributed by atoms with E-state index >= 15 is 0 Å². The summed E-state index contributed by atoms with van der Waals surface area (Å²) in [5.41, 5.74) is 1.58. The van der Waals surface area contributed by atoms with Crippen LogP contribution in [0, 0.1) is 0 Å². The Labute approximate surface area is 158 Å². The van der Waals surface area contributed by atoms with Gasteiger partial charge in [0.05, 0.1) is 13.2 Å². The molecule has 2 amide bonds. The van der Waals surface area contributed by atoms with Gasteiger partial charge in [-0.05, 0) is 29.8 Å². The van der Waals surface area contributed by atoms with E-state index in [0.717, 1.165) is 38.4 Å². The lowest BCUT2D eigenvalue weighted by Crippen LogP contribution is -2.41. The van der Waals surface area contributed by atoms with Crippen LogP contribution in [0.2, 0.25) is 0 Å². The highest BCUT2D eigenvalue weighted by molar-refractivity contribution is 5.98. The first-order valence-electron chi connectivity index (χ1n) is 8.94. The van der Waals surface area contributed by atoms with E-state index < -0.39 is 0 Å². The summed E-state index contributed by atoms with van der Waals surface area (Å²) in [4.78, 5) is 34.8. The van der Waals surface area contributed by atoms with Gasteiger partial charge in [-0.1, -0.05) is 0 Å². The lowest BCUT2D eigenvalue weighted by atomic mass is 10.2. The van der Waals surface area contributed by atoms with Crippen LogP contribution in [0.15, 0.2) is 42.9 Å². The van der Waals surface area contributed by atoms with Gasteiger partial charge in [0.2, 0.25) is 0 Å². The summed E-state index contributed by atoms with van der Waals surface area (Å²) in [5, 5.41) is 5.67. The molecule has 0 spiro atoms. The van der Waals surface area contributed by atoms with Crippen molar-refractivity contribution in [2.45, 2.75) is 6.54 Å². The van der Waals surface area contributed by atoms with E-state index in [1.165, 1.54) is 12.3 Å². The Hall–Kier alpha value is -2.84. The Morgan fingerprint density at radius 3 is 2.59 bits per heavy atom. The van der Waals surface area contributed by atoms with Gasteiger partial charge in [-0.3, -0.25) is 24.5 Å². The van der Waals surface area contributed by atoms with Gasteiger partial charge in [0.1, 0.15) is 5.69 Å². The molecule has 27 heavy (non-hydrogen) atoms. The summed E-state index contributed by atoms with van der Waals surface area (Å²) in [6, 6.07) is 6.76. The summed E-state index contributed by atoms with van der Waals surface area (Å²) in [7, 11) is 0. The average Bonchev–Trinajstić information content (AvgIpc) is 2.73. The van der Waals surface area contributed by atoms with Gasteiger partial charge in [0, 0.05) is 56.9 Å². The zero-order valence-corrected chi connectivity index (χ0v) is 15.1. The van der Waals surface area contributed by atoms with Gasteiger partial charge in [-0.15, -0.1) is 0 Å². The molecule has 8 nitrogen and oxygen atoms in total. The van der Waals surface area contributed by atoms with Gasteiger partial charge in [0.25, 0.3) is 11.8 Å². The van der Waals surface area contributed by atoms with Gasteiger partial charge in [-0.25, -0.2) is 0 Å². The summed E-state index contributed by atoms with van der Waals surface area (Å²) >= 11 is 0. The first-order chi connectivity index (χ1) is 13.2. The maximum Gasteiger partial charge on any atom is 0.269 e. The molecule has 142 valence electrons. The zero-order chi connectivity index (χ0) is 18.9. The molecule has 1 aliphatic rings. The average molecular weight is 369 g/mol. The topological polar surface area (TPSA) is 96.5 Å². The van der Waals surface area contributed by atoms with Crippen molar-refractivity contribution in [2.24, 2.45) is 0 Å². The van der Waals surface area contributed by atoms with Crippen molar-refractivity contribution in [3.63, 3.8) is 0 Å². The summed E-state index contributed by atoms with van der Waals surface area (Å²) in [6.45, 7) is 4.89. The smallest absolute Gasteiger partial charge is 0.269 e. The third-order valence-electron chi connectivity index (χ3n) is 4.27. The van der Waals surface area contributed by atoms with E-state index in [-0.39, 0.29) is 17.5 Å². The molecule has 2 N–H and O–H groups in total. The third-order valence-corrected chi connectivity index (χ3v) is 4.27. The predicted octanol–water partition coefficient (Wildman–Crippen LogP) is 0.469. The number of aromatic nitrogens is 2. The van der Waals surface area contributed by atoms with Crippen LogP contribution < -0.4 is 10.6 Å². The highest BCUT2D eigenvalue weighted by Crippen LogP contribution is 2.04. The molecule has 1 saturated heterocycles. The van der Waals surface area contributed by atoms with E-state index in [2.05, 4.69) is 25.5 Å². The second-order valence-corrected chi connectivity index (χ2v) is 6.18. The van der Waals surface area contributed by atoms with Crippen molar-refractivity contribution in [1.82, 2.24) is 25.5 Å². The summed E-state index contributed by atoms with van der Waals surface area (Å²) < 4.78 is 5.30. The fraction of sp³-hybridized carbons (Fsp3) is 0.368. The molecule has 2 aromatic heterocycles. The lowest BCUT2D eigenvalue weighted by Gasteiger charge is -2.26. The SMILES string of the molecule is O=C(NCc1ccncc1)c1ccnc(C(=O)NCCN2CCOCC2)c1. The van der Waals surface area contributed by atoms with Crippen LogP contribution in [0.25, 0.3) is 0 Å². The maximum absolute atomic E-state index is 12.3. The Bertz CT molecular complexity index is 763. The second-order valence-electron chi connectivity index (χ2n) is 6.18. The van der Waals surface area contributed by atoms with Crippen LogP contribution in [0.1, 0.15) is 26.4 Å². The molecule has 0 aliphatic carbocycles. The first kappa shape index (κ1) is 18.9. The summed E-state index contributed by atoms with van der Waals surface area (Å²) in [5.74, 6) is -0.538. The standard InChI is InChI=1S/C19H23N5O3/c25-18(23-14-15-1-4-20-5-2-15)16-3-6-21-17(13-16)19(26)22-7-8-24-9-11-27-12-10-24/h1-6,13H,7-12,14H2,(H,22,26)(H,23,25). The highest BCUT2D eigenvalue weighted by atomic mass is 16.5. The quantitative estimate of drug-likeness (QED) is 0.736. The number of ether oxygens (including phenoxy) is 1. The monoisotopic (exact) mass is 369 g/mol. The first-order valence-corrected chi connectivity index (χ1v) is 8.94. The number of hydrogen-bond acceptors (Lipinski definition) is 6. The molecule has 3 rings (SSSR count). The molecule has 0 bridgehead atoms. The van der Waals surface area contributed by atoms with Crippen LogP contribution in [-0.2, 0) is 11.3 Å². The number of rotatable bonds is 7. The summed E-state index contributed by atoms with van der Waals surface area (Å²) in [6.07, 6.45) is 4.82. The van der Waals surface area contributed by atoms with E-state index in [9.17, 15) is 9.59 Å². The fourth-order valence-corrected chi connectivity index (χ4v) is 2.72. The van der Waals surface area contributed by atoms with Gasteiger partial charge in [-0.2, -0.15) is 0 Å². The van der Waals surface area contributed by atoms with E-state index in [0.29, 0.717) is 18.7 Å². The number of carbonyl (C=O) groups excluding carboxylic acids is 2. The molecule has 1 fully saturated rings. The number of carbonyl (C=O) groups is 2. The maximum atomic E-state index is 12.3. The van der Waals surface area contributed by atoms with Crippen molar-refractivity contribution >= 4 is 11.8 Å². The lowest BCUT2D eigenvalue weighted by molar-refractivity contribution is 0.0383. The van der Waals surface area contributed by atoms with Crippen molar-refractivity contribution in [3.05, 3.63) is 59.7 Å². The van der Waals surface area contributed by atoms with Crippen LogP contribution in [0.4, 0.5) is 0 Å². The van der Waals surface area contributed by atoms with E-state index in [4.69, 9.17) is 4.74 Å². The molecule has 0 aromatic carbocycles. The Kier molecular flexibility index (Phi) is 6.84. The number of hydrogen-bond donors (Lipinski definition) is 2. The second kappa shape index (κ2) is 9.75. The Morgan fingerprint density at radius 1 is 1.04 bits per heavy atom. The van der Waals surface area contributed by atoms with Crippen LogP contribution >= 0.6 is 0 Å². The number of amides is 2. The van der Waals surface area contributed by atoms with Gasteiger partial charge in [0.15, 0.2) is 0 Å². The normalized spacial score (nSPS) is 14.5. The van der Waals surface area contributed by atoms with Gasteiger partial charge < -0.3 is 15.4 Å². The zero-order valence-electron chi connectivity index (χ0n) is 15.1. The molecule has 1 aliphatic heterocycles. The molecule has 2 aromatic rings. The van der Waals surface area contributed by atoms with Crippen molar-refractivity contribution < 1.29 is 14.3 Å². The number of nitrogens with zero attached hydrogens (tertiary/aromatic N) is 3. The van der Waals surface area contributed by atoms with Crippen molar-refractivity contribution in [3.8, 4) is 0 Å². The van der Waals surface area contributed by atoms with Gasteiger partial charge >= 0.3 is 0 Å². The minimum absolute atomic E-state index is 0.230. The minimum Gasteiger partial charge on any atom is -0.379 e. The highest BCUT2D eigenvalue weighted by Gasteiger charge is 2.13. The Balaban J connectivity index is 1.49. The molecule has 0 unspecified atom stereocenters.